The van der Waals surface area contributed by atoms with Crippen LogP contribution in [0.4, 0.5) is 0 Å². The third-order valence-electron chi connectivity index (χ3n) is 4.68. The van der Waals surface area contributed by atoms with Crippen molar-refractivity contribution < 1.29 is 9.84 Å². The maximum Gasteiger partial charge on any atom is 0.122 e. The molecular weight excluding hydrogens is 248 g/mol. The van der Waals surface area contributed by atoms with Crippen molar-refractivity contribution >= 4 is 11.6 Å². The Morgan fingerprint density at radius 1 is 1.33 bits per heavy atom. The van der Waals surface area contributed by atoms with Gasteiger partial charge in [-0.05, 0) is 43.5 Å². The first kappa shape index (κ1) is 12.3. The van der Waals surface area contributed by atoms with E-state index in [4.69, 9.17) is 16.3 Å². The van der Waals surface area contributed by atoms with Crippen LogP contribution in [0.1, 0.15) is 37.7 Å². The van der Waals surface area contributed by atoms with Gasteiger partial charge in [-0.2, -0.15) is 0 Å². The van der Waals surface area contributed by atoms with Crippen LogP contribution in [0.25, 0.3) is 0 Å². The summed E-state index contributed by atoms with van der Waals surface area (Å²) in [6.07, 6.45) is 5.42. The fraction of sp³-hybridized carbons (Fsp3) is 0.600. The van der Waals surface area contributed by atoms with Crippen molar-refractivity contribution in [3.05, 3.63) is 28.8 Å². The van der Waals surface area contributed by atoms with Crippen LogP contribution in [0.15, 0.2) is 18.2 Å². The third-order valence-corrected chi connectivity index (χ3v) is 4.92. The molecule has 1 N–H and O–H groups in total. The summed E-state index contributed by atoms with van der Waals surface area (Å²) in [4.78, 5) is 0. The summed E-state index contributed by atoms with van der Waals surface area (Å²) in [6.45, 7) is 2.01. The van der Waals surface area contributed by atoms with Crippen LogP contribution >= 0.6 is 11.6 Å². The largest absolute Gasteiger partial charge is 0.489 e. The number of halogens is 1. The highest BCUT2D eigenvalue weighted by Crippen LogP contribution is 2.54. The number of aliphatic hydroxyl groups excluding tert-OH is 1. The number of hydrogen-bond acceptors (Lipinski definition) is 2. The second-order valence-electron chi connectivity index (χ2n) is 5.71. The number of rotatable bonds is 2. The Bertz CT molecular complexity index is 452. The lowest BCUT2D eigenvalue weighted by Gasteiger charge is -2.51. The Balaban J connectivity index is 1.77. The van der Waals surface area contributed by atoms with Crippen LogP contribution in [0.2, 0.25) is 5.02 Å². The molecule has 0 bridgehead atoms. The standard InChI is InChI=1S/C15H19ClO2/c1-10-8-11(16)4-5-12(10)18-14-9-13(17)15(14)6-2-3-7-15/h4-5,8,13-14,17H,2-3,6-7,9H2,1H3. The van der Waals surface area contributed by atoms with E-state index in [0.717, 1.165) is 35.6 Å². The average Bonchev–Trinajstić information content (AvgIpc) is 2.83. The summed E-state index contributed by atoms with van der Waals surface area (Å²) < 4.78 is 6.13. The molecule has 3 heteroatoms. The quantitative estimate of drug-likeness (QED) is 0.884. The van der Waals surface area contributed by atoms with Crippen molar-refractivity contribution in [1.82, 2.24) is 0 Å². The van der Waals surface area contributed by atoms with E-state index in [0.29, 0.717) is 0 Å². The molecule has 2 nitrogen and oxygen atoms in total. The molecule has 0 aliphatic heterocycles. The molecule has 0 radical (unpaired) electrons. The molecule has 2 saturated carbocycles. The highest BCUT2D eigenvalue weighted by atomic mass is 35.5. The maximum atomic E-state index is 10.1. The highest BCUT2D eigenvalue weighted by molar-refractivity contribution is 6.30. The van der Waals surface area contributed by atoms with Crippen LogP contribution in [0.3, 0.4) is 0 Å². The Kier molecular flexibility index (Phi) is 3.03. The summed E-state index contributed by atoms with van der Waals surface area (Å²) >= 11 is 5.95. The smallest absolute Gasteiger partial charge is 0.122 e. The summed E-state index contributed by atoms with van der Waals surface area (Å²) in [5, 5.41) is 10.8. The minimum Gasteiger partial charge on any atom is -0.489 e. The predicted octanol–water partition coefficient (Wildman–Crippen LogP) is 3.72. The number of aryl methyl sites for hydroxylation is 1. The topological polar surface area (TPSA) is 29.5 Å². The fourth-order valence-corrected chi connectivity index (χ4v) is 3.71. The molecule has 2 aliphatic rings. The summed E-state index contributed by atoms with van der Waals surface area (Å²) in [5.41, 5.74) is 1.10. The van der Waals surface area contributed by atoms with Crippen molar-refractivity contribution in [2.24, 2.45) is 5.41 Å². The molecule has 0 amide bonds. The van der Waals surface area contributed by atoms with Gasteiger partial charge in [0.2, 0.25) is 0 Å². The molecule has 98 valence electrons. The van der Waals surface area contributed by atoms with E-state index in [1.165, 1.54) is 12.8 Å². The lowest BCUT2D eigenvalue weighted by atomic mass is 9.62. The van der Waals surface area contributed by atoms with Crippen molar-refractivity contribution in [1.29, 1.82) is 0 Å². The van der Waals surface area contributed by atoms with Gasteiger partial charge in [0.05, 0.1) is 6.10 Å². The molecule has 0 saturated heterocycles. The second kappa shape index (κ2) is 4.43. The van der Waals surface area contributed by atoms with Gasteiger partial charge >= 0.3 is 0 Å². The molecule has 1 spiro atoms. The Hall–Kier alpha value is -0.730. The lowest BCUT2D eigenvalue weighted by Crippen LogP contribution is -2.58. The molecule has 1 aromatic rings. The van der Waals surface area contributed by atoms with Gasteiger partial charge in [0.25, 0.3) is 0 Å². The van der Waals surface area contributed by atoms with Crippen molar-refractivity contribution in [2.45, 2.75) is 51.2 Å². The zero-order chi connectivity index (χ0) is 12.8. The zero-order valence-corrected chi connectivity index (χ0v) is 11.4. The van der Waals surface area contributed by atoms with Crippen LogP contribution in [0, 0.1) is 12.3 Å². The van der Waals surface area contributed by atoms with E-state index in [1.54, 1.807) is 0 Å². The molecule has 0 aromatic heterocycles. The first-order chi connectivity index (χ1) is 8.62. The van der Waals surface area contributed by atoms with Gasteiger partial charge in [0.1, 0.15) is 11.9 Å². The van der Waals surface area contributed by atoms with Gasteiger partial charge < -0.3 is 9.84 Å². The van der Waals surface area contributed by atoms with Crippen LogP contribution < -0.4 is 4.74 Å². The van der Waals surface area contributed by atoms with E-state index in [2.05, 4.69) is 0 Å². The Labute approximate surface area is 113 Å². The van der Waals surface area contributed by atoms with Gasteiger partial charge in [-0.15, -0.1) is 0 Å². The molecule has 1 aromatic carbocycles. The first-order valence-electron chi connectivity index (χ1n) is 6.73. The van der Waals surface area contributed by atoms with E-state index >= 15 is 0 Å². The van der Waals surface area contributed by atoms with Gasteiger partial charge in [-0.25, -0.2) is 0 Å². The van der Waals surface area contributed by atoms with Gasteiger partial charge in [0.15, 0.2) is 0 Å². The minimum absolute atomic E-state index is 0.0338. The molecule has 2 fully saturated rings. The van der Waals surface area contributed by atoms with E-state index in [-0.39, 0.29) is 17.6 Å². The molecule has 18 heavy (non-hydrogen) atoms. The van der Waals surface area contributed by atoms with Gasteiger partial charge in [-0.3, -0.25) is 0 Å². The van der Waals surface area contributed by atoms with Crippen LogP contribution in [-0.4, -0.2) is 17.3 Å². The van der Waals surface area contributed by atoms with Crippen LogP contribution in [0.5, 0.6) is 5.75 Å². The monoisotopic (exact) mass is 266 g/mol. The van der Waals surface area contributed by atoms with E-state index < -0.39 is 0 Å². The van der Waals surface area contributed by atoms with Gasteiger partial charge in [-0.1, -0.05) is 24.4 Å². The third kappa shape index (κ3) is 1.83. The van der Waals surface area contributed by atoms with Crippen molar-refractivity contribution in [3.63, 3.8) is 0 Å². The van der Waals surface area contributed by atoms with Crippen LogP contribution in [-0.2, 0) is 0 Å². The van der Waals surface area contributed by atoms with E-state index in [9.17, 15) is 5.11 Å². The molecule has 3 rings (SSSR count). The zero-order valence-electron chi connectivity index (χ0n) is 10.7. The lowest BCUT2D eigenvalue weighted by molar-refractivity contribution is -0.152. The Morgan fingerprint density at radius 2 is 2.06 bits per heavy atom. The number of benzene rings is 1. The summed E-state index contributed by atoms with van der Waals surface area (Å²) in [6, 6.07) is 5.72. The minimum atomic E-state index is -0.169. The first-order valence-corrected chi connectivity index (χ1v) is 7.10. The second-order valence-corrected chi connectivity index (χ2v) is 6.14. The highest BCUT2D eigenvalue weighted by Gasteiger charge is 2.57. The average molecular weight is 267 g/mol. The number of hydrogen-bond donors (Lipinski definition) is 1. The maximum absolute atomic E-state index is 10.1. The van der Waals surface area contributed by atoms with E-state index in [1.807, 2.05) is 25.1 Å². The fourth-order valence-electron chi connectivity index (χ4n) is 3.48. The molecule has 0 heterocycles. The molecule has 2 aliphatic carbocycles. The Morgan fingerprint density at radius 3 is 2.67 bits per heavy atom. The summed E-state index contributed by atoms with van der Waals surface area (Å²) in [5.74, 6) is 0.905. The molecular formula is C15H19ClO2. The SMILES string of the molecule is Cc1cc(Cl)ccc1OC1CC(O)C12CCCC2. The summed E-state index contributed by atoms with van der Waals surface area (Å²) in [7, 11) is 0. The number of aliphatic hydroxyl groups is 1. The van der Waals surface area contributed by atoms with Gasteiger partial charge in [0, 0.05) is 16.9 Å². The number of ether oxygens (including phenoxy) is 1. The van der Waals surface area contributed by atoms with Crippen molar-refractivity contribution in [2.75, 3.05) is 0 Å². The normalized spacial score (nSPS) is 29.3. The molecule has 2 atom stereocenters. The molecule has 2 unspecified atom stereocenters. The van der Waals surface area contributed by atoms with Crippen molar-refractivity contribution in [3.8, 4) is 5.75 Å². The predicted molar refractivity (Wildman–Crippen MR) is 72.1 cm³/mol.